The zero-order valence-corrected chi connectivity index (χ0v) is 10.5. The molecule has 0 aromatic heterocycles. The first-order valence-electron chi connectivity index (χ1n) is 5.88. The summed E-state index contributed by atoms with van der Waals surface area (Å²) >= 11 is 0. The van der Waals surface area contributed by atoms with Crippen molar-refractivity contribution in [3.05, 3.63) is 35.6 Å². The summed E-state index contributed by atoms with van der Waals surface area (Å²) in [6, 6.07) is 6.16. The van der Waals surface area contributed by atoms with E-state index in [1.54, 1.807) is 25.3 Å². The lowest BCUT2D eigenvalue weighted by atomic mass is 10.1. The number of benzene rings is 1. The standard InChI is InChI=1S/C13H19FN2O2/c1-18-9-11(15)6-7-16-13(17)8-10-4-2-3-5-12(10)14/h2-5,11H,6-9,15H2,1H3,(H,16,17). The van der Waals surface area contributed by atoms with Gasteiger partial charge in [-0.25, -0.2) is 4.39 Å². The average Bonchev–Trinajstić information content (AvgIpc) is 2.32. The van der Waals surface area contributed by atoms with Crippen LogP contribution in [0.3, 0.4) is 0 Å². The number of carbonyl (C=O) groups is 1. The van der Waals surface area contributed by atoms with Gasteiger partial charge in [0.1, 0.15) is 5.82 Å². The molecule has 1 atom stereocenters. The second kappa shape index (κ2) is 7.79. The molecule has 0 spiro atoms. The molecule has 0 heterocycles. The van der Waals surface area contributed by atoms with E-state index in [1.165, 1.54) is 6.07 Å². The normalized spacial score (nSPS) is 12.2. The molecule has 4 nitrogen and oxygen atoms in total. The molecule has 100 valence electrons. The predicted octanol–water partition coefficient (Wildman–Crippen LogP) is 0.848. The lowest BCUT2D eigenvalue weighted by Gasteiger charge is -2.11. The van der Waals surface area contributed by atoms with Crippen molar-refractivity contribution in [3.63, 3.8) is 0 Å². The maximum absolute atomic E-state index is 13.3. The highest BCUT2D eigenvalue weighted by Gasteiger charge is 2.08. The van der Waals surface area contributed by atoms with Gasteiger partial charge in [0.25, 0.3) is 0 Å². The Balaban J connectivity index is 2.28. The van der Waals surface area contributed by atoms with Crippen LogP contribution in [0.2, 0.25) is 0 Å². The van der Waals surface area contributed by atoms with E-state index in [-0.39, 0.29) is 24.2 Å². The summed E-state index contributed by atoms with van der Waals surface area (Å²) in [6.07, 6.45) is 0.684. The second-order valence-corrected chi connectivity index (χ2v) is 4.12. The number of rotatable bonds is 7. The SMILES string of the molecule is COCC(N)CCNC(=O)Cc1ccccc1F. The van der Waals surface area contributed by atoms with Crippen molar-refractivity contribution in [2.45, 2.75) is 18.9 Å². The molecule has 0 saturated heterocycles. The summed E-state index contributed by atoms with van der Waals surface area (Å²) in [7, 11) is 1.58. The van der Waals surface area contributed by atoms with Gasteiger partial charge in [-0.05, 0) is 18.1 Å². The van der Waals surface area contributed by atoms with Gasteiger partial charge in [0.05, 0.1) is 13.0 Å². The van der Waals surface area contributed by atoms with Gasteiger partial charge in [-0.1, -0.05) is 18.2 Å². The summed E-state index contributed by atoms with van der Waals surface area (Å²) in [5, 5.41) is 2.71. The molecule has 1 aromatic rings. The van der Waals surface area contributed by atoms with Crippen molar-refractivity contribution >= 4 is 5.91 Å². The van der Waals surface area contributed by atoms with Crippen LogP contribution in [0.1, 0.15) is 12.0 Å². The number of hydrogen-bond donors (Lipinski definition) is 2. The zero-order valence-electron chi connectivity index (χ0n) is 10.5. The minimum Gasteiger partial charge on any atom is -0.383 e. The van der Waals surface area contributed by atoms with E-state index in [9.17, 15) is 9.18 Å². The van der Waals surface area contributed by atoms with Crippen LogP contribution in [0.5, 0.6) is 0 Å². The molecule has 18 heavy (non-hydrogen) atoms. The quantitative estimate of drug-likeness (QED) is 0.758. The highest BCUT2D eigenvalue weighted by Crippen LogP contribution is 2.06. The fourth-order valence-corrected chi connectivity index (χ4v) is 1.57. The summed E-state index contributed by atoms with van der Waals surface area (Å²) < 4.78 is 18.2. The van der Waals surface area contributed by atoms with Crippen LogP contribution in [0.4, 0.5) is 4.39 Å². The van der Waals surface area contributed by atoms with Gasteiger partial charge in [0, 0.05) is 19.7 Å². The number of carbonyl (C=O) groups excluding carboxylic acids is 1. The van der Waals surface area contributed by atoms with Gasteiger partial charge in [-0.3, -0.25) is 4.79 Å². The van der Waals surface area contributed by atoms with E-state index in [0.717, 1.165) is 0 Å². The molecule has 0 radical (unpaired) electrons. The molecule has 1 aromatic carbocycles. The van der Waals surface area contributed by atoms with Crippen LogP contribution in [-0.4, -0.2) is 32.2 Å². The van der Waals surface area contributed by atoms with Gasteiger partial charge in [0.2, 0.25) is 5.91 Å². The van der Waals surface area contributed by atoms with Crippen LogP contribution in [0, 0.1) is 5.82 Å². The highest BCUT2D eigenvalue weighted by molar-refractivity contribution is 5.78. The van der Waals surface area contributed by atoms with Crippen molar-refractivity contribution < 1.29 is 13.9 Å². The second-order valence-electron chi connectivity index (χ2n) is 4.12. The summed E-state index contributed by atoms with van der Waals surface area (Å²) in [5.74, 6) is -0.562. The summed E-state index contributed by atoms with van der Waals surface area (Å²) in [5.41, 5.74) is 6.11. The maximum atomic E-state index is 13.3. The smallest absolute Gasteiger partial charge is 0.224 e. The Morgan fingerprint density at radius 3 is 2.89 bits per heavy atom. The third kappa shape index (κ3) is 5.25. The van der Waals surface area contributed by atoms with Crippen LogP contribution in [-0.2, 0) is 16.0 Å². The third-order valence-electron chi connectivity index (χ3n) is 2.53. The molecule has 0 aliphatic heterocycles. The Morgan fingerprint density at radius 1 is 1.50 bits per heavy atom. The number of nitrogens with one attached hydrogen (secondary N) is 1. The molecule has 1 unspecified atom stereocenters. The van der Waals surface area contributed by atoms with E-state index < -0.39 is 0 Å². The van der Waals surface area contributed by atoms with Crippen molar-refractivity contribution in [1.29, 1.82) is 0 Å². The fourth-order valence-electron chi connectivity index (χ4n) is 1.57. The largest absolute Gasteiger partial charge is 0.383 e. The van der Waals surface area contributed by atoms with Gasteiger partial charge in [-0.15, -0.1) is 0 Å². The first-order valence-corrected chi connectivity index (χ1v) is 5.88. The number of halogens is 1. The number of amides is 1. The van der Waals surface area contributed by atoms with E-state index in [0.29, 0.717) is 25.1 Å². The summed E-state index contributed by atoms with van der Waals surface area (Å²) in [6.45, 7) is 0.932. The number of ether oxygens (including phenoxy) is 1. The molecule has 5 heteroatoms. The van der Waals surface area contributed by atoms with Crippen molar-refractivity contribution in [3.8, 4) is 0 Å². The van der Waals surface area contributed by atoms with E-state index in [1.807, 2.05) is 0 Å². The molecule has 0 saturated carbocycles. The Kier molecular flexibility index (Phi) is 6.32. The van der Waals surface area contributed by atoms with Crippen molar-refractivity contribution in [2.75, 3.05) is 20.3 Å². The van der Waals surface area contributed by atoms with Crippen LogP contribution >= 0.6 is 0 Å². The molecular formula is C13H19FN2O2. The molecule has 0 fully saturated rings. The molecule has 0 aliphatic rings. The van der Waals surface area contributed by atoms with Gasteiger partial charge in [0.15, 0.2) is 0 Å². The third-order valence-corrected chi connectivity index (χ3v) is 2.53. The minimum absolute atomic E-state index is 0.0478. The first-order chi connectivity index (χ1) is 8.63. The van der Waals surface area contributed by atoms with Gasteiger partial charge >= 0.3 is 0 Å². The Hall–Kier alpha value is -1.46. The van der Waals surface area contributed by atoms with Crippen LogP contribution in [0.15, 0.2) is 24.3 Å². The number of methoxy groups -OCH3 is 1. The minimum atomic E-state index is -0.358. The topological polar surface area (TPSA) is 64.3 Å². The van der Waals surface area contributed by atoms with E-state index in [4.69, 9.17) is 10.5 Å². The number of nitrogens with two attached hydrogens (primary N) is 1. The summed E-state index contributed by atoms with van der Waals surface area (Å²) in [4.78, 5) is 11.6. The number of hydrogen-bond acceptors (Lipinski definition) is 3. The molecule has 3 N–H and O–H groups in total. The maximum Gasteiger partial charge on any atom is 0.224 e. The van der Waals surface area contributed by atoms with Crippen molar-refractivity contribution in [1.82, 2.24) is 5.32 Å². The fraction of sp³-hybridized carbons (Fsp3) is 0.462. The van der Waals surface area contributed by atoms with Crippen molar-refractivity contribution in [2.24, 2.45) is 5.73 Å². The zero-order chi connectivity index (χ0) is 13.4. The van der Waals surface area contributed by atoms with E-state index >= 15 is 0 Å². The van der Waals surface area contributed by atoms with Gasteiger partial charge in [-0.2, -0.15) is 0 Å². The molecular weight excluding hydrogens is 235 g/mol. The Bertz CT molecular complexity index is 385. The van der Waals surface area contributed by atoms with E-state index in [2.05, 4.69) is 5.32 Å². The molecule has 1 rings (SSSR count). The molecule has 0 bridgehead atoms. The van der Waals surface area contributed by atoms with Crippen LogP contribution in [0.25, 0.3) is 0 Å². The Labute approximate surface area is 106 Å². The monoisotopic (exact) mass is 254 g/mol. The lowest BCUT2D eigenvalue weighted by molar-refractivity contribution is -0.120. The van der Waals surface area contributed by atoms with Crippen LogP contribution < -0.4 is 11.1 Å². The lowest BCUT2D eigenvalue weighted by Crippen LogP contribution is -2.33. The molecule has 0 aliphatic carbocycles. The Morgan fingerprint density at radius 2 is 2.22 bits per heavy atom. The first kappa shape index (κ1) is 14.6. The van der Waals surface area contributed by atoms with Gasteiger partial charge < -0.3 is 15.8 Å². The molecule has 1 amide bonds. The highest BCUT2D eigenvalue weighted by atomic mass is 19.1. The predicted molar refractivity (Wildman–Crippen MR) is 67.6 cm³/mol. The average molecular weight is 254 g/mol.